The van der Waals surface area contributed by atoms with E-state index in [-0.39, 0.29) is 12.0 Å². The zero-order valence-corrected chi connectivity index (χ0v) is 14.0. The molecule has 1 aromatic carbocycles. The SMILES string of the molecule is CCN(C(=O)c1ccnc(O[C@H]2CCSC2)c1)c1ccccc1. The summed E-state index contributed by atoms with van der Waals surface area (Å²) in [5.41, 5.74) is 1.50. The van der Waals surface area contributed by atoms with E-state index < -0.39 is 0 Å². The van der Waals surface area contributed by atoms with Gasteiger partial charge < -0.3 is 9.64 Å². The van der Waals surface area contributed by atoms with Crippen LogP contribution in [-0.2, 0) is 0 Å². The molecule has 1 amide bonds. The topological polar surface area (TPSA) is 42.4 Å². The first-order valence-corrected chi connectivity index (χ1v) is 9.00. The number of benzene rings is 1. The van der Waals surface area contributed by atoms with Crippen LogP contribution in [0.3, 0.4) is 0 Å². The molecule has 120 valence electrons. The van der Waals surface area contributed by atoms with Gasteiger partial charge in [0.05, 0.1) is 0 Å². The number of hydrogen-bond acceptors (Lipinski definition) is 4. The van der Waals surface area contributed by atoms with Crippen molar-refractivity contribution >= 4 is 23.4 Å². The van der Waals surface area contributed by atoms with Crippen molar-refractivity contribution in [3.63, 3.8) is 0 Å². The summed E-state index contributed by atoms with van der Waals surface area (Å²) in [5.74, 6) is 2.62. The first-order valence-electron chi connectivity index (χ1n) is 7.85. The van der Waals surface area contributed by atoms with E-state index in [0.29, 0.717) is 18.0 Å². The van der Waals surface area contributed by atoms with E-state index in [2.05, 4.69) is 4.98 Å². The van der Waals surface area contributed by atoms with E-state index >= 15 is 0 Å². The predicted octanol–water partition coefficient (Wildman–Crippen LogP) is 3.63. The Morgan fingerprint density at radius 1 is 1.35 bits per heavy atom. The van der Waals surface area contributed by atoms with Gasteiger partial charge in [-0.15, -0.1) is 0 Å². The second-order valence-corrected chi connectivity index (χ2v) is 6.52. The molecule has 2 heterocycles. The van der Waals surface area contributed by atoms with Crippen LogP contribution >= 0.6 is 11.8 Å². The van der Waals surface area contributed by atoms with E-state index in [9.17, 15) is 4.79 Å². The van der Waals surface area contributed by atoms with Crippen LogP contribution in [0.2, 0.25) is 0 Å². The largest absolute Gasteiger partial charge is 0.473 e. The predicted molar refractivity (Wildman–Crippen MR) is 94.4 cm³/mol. The lowest BCUT2D eigenvalue weighted by Gasteiger charge is -2.21. The Hall–Kier alpha value is -2.01. The lowest BCUT2D eigenvalue weighted by molar-refractivity contribution is 0.0987. The fourth-order valence-electron chi connectivity index (χ4n) is 2.59. The second kappa shape index (κ2) is 7.51. The molecule has 1 aromatic heterocycles. The first kappa shape index (κ1) is 15.9. The van der Waals surface area contributed by atoms with Crippen molar-refractivity contribution in [3.8, 4) is 5.88 Å². The maximum absolute atomic E-state index is 12.8. The molecule has 0 N–H and O–H groups in total. The quantitative estimate of drug-likeness (QED) is 0.840. The smallest absolute Gasteiger partial charge is 0.258 e. The van der Waals surface area contributed by atoms with Gasteiger partial charge in [0.25, 0.3) is 5.91 Å². The minimum absolute atomic E-state index is 0.0354. The molecule has 23 heavy (non-hydrogen) atoms. The number of rotatable bonds is 5. The molecule has 2 aromatic rings. The van der Waals surface area contributed by atoms with Crippen LogP contribution in [-0.4, -0.2) is 35.0 Å². The molecular weight excluding hydrogens is 308 g/mol. The van der Waals surface area contributed by atoms with E-state index in [0.717, 1.165) is 23.6 Å². The van der Waals surface area contributed by atoms with Crippen LogP contribution in [0.1, 0.15) is 23.7 Å². The molecule has 0 aliphatic carbocycles. The lowest BCUT2D eigenvalue weighted by atomic mass is 10.2. The Balaban J connectivity index is 1.78. The highest BCUT2D eigenvalue weighted by Gasteiger charge is 2.20. The Labute approximate surface area is 140 Å². The van der Waals surface area contributed by atoms with Gasteiger partial charge in [0.1, 0.15) is 6.10 Å². The summed E-state index contributed by atoms with van der Waals surface area (Å²) < 4.78 is 5.88. The number of para-hydroxylation sites is 1. The average molecular weight is 328 g/mol. The van der Waals surface area contributed by atoms with Crippen LogP contribution in [0.15, 0.2) is 48.7 Å². The number of anilines is 1. The molecule has 5 heteroatoms. The van der Waals surface area contributed by atoms with Crippen molar-refractivity contribution in [1.82, 2.24) is 4.98 Å². The van der Waals surface area contributed by atoms with Crippen molar-refractivity contribution in [3.05, 3.63) is 54.2 Å². The van der Waals surface area contributed by atoms with Gasteiger partial charge in [-0.2, -0.15) is 11.8 Å². The second-order valence-electron chi connectivity index (χ2n) is 5.37. The number of carbonyl (C=O) groups is 1. The molecule has 0 radical (unpaired) electrons. The van der Waals surface area contributed by atoms with Crippen molar-refractivity contribution in [2.24, 2.45) is 0 Å². The number of hydrogen-bond donors (Lipinski definition) is 0. The molecule has 0 bridgehead atoms. The van der Waals surface area contributed by atoms with Crippen LogP contribution in [0.25, 0.3) is 0 Å². The number of aromatic nitrogens is 1. The minimum Gasteiger partial charge on any atom is -0.473 e. The van der Waals surface area contributed by atoms with Gasteiger partial charge in [0, 0.05) is 35.8 Å². The summed E-state index contributed by atoms with van der Waals surface area (Å²) in [7, 11) is 0. The molecule has 4 nitrogen and oxygen atoms in total. The summed E-state index contributed by atoms with van der Waals surface area (Å²) in [6, 6.07) is 13.2. The van der Waals surface area contributed by atoms with E-state index in [1.807, 2.05) is 49.0 Å². The average Bonchev–Trinajstić information content (AvgIpc) is 3.10. The zero-order chi connectivity index (χ0) is 16.1. The number of amides is 1. The third-order valence-corrected chi connectivity index (χ3v) is 4.92. The third kappa shape index (κ3) is 3.85. The highest BCUT2D eigenvalue weighted by atomic mass is 32.2. The summed E-state index contributed by atoms with van der Waals surface area (Å²) in [5, 5.41) is 0. The summed E-state index contributed by atoms with van der Waals surface area (Å²) >= 11 is 1.89. The van der Waals surface area contributed by atoms with Crippen LogP contribution in [0, 0.1) is 0 Å². The minimum atomic E-state index is -0.0354. The van der Waals surface area contributed by atoms with Gasteiger partial charge in [0.15, 0.2) is 0 Å². The zero-order valence-electron chi connectivity index (χ0n) is 13.1. The van der Waals surface area contributed by atoms with Gasteiger partial charge in [0.2, 0.25) is 5.88 Å². The fraction of sp³-hybridized carbons (Fsp3) is 0.333. The molecule has 1 atom stereocenters. The number of carbonyl (C=O) groups excluding carboxylic acids is 1. The number of ether oxygens (including phenoxy) is 1. The maximum Gasteiger partial charge on any atom is 0.258 e. The molecule has 1 saturated heterocycles. The van der Waals surface area contributed by atoms with Gasteiger partial charge in [-0.05, 0) is 37.3 Å². The Morgan fingerprint density at radius 2 is 2.17 bits per heavy atom. The standard InChI is InChI=1S/C18H20N2O2S/c1-2-20(15-6-4-3-5-7-15)18(21)14-8-10-19-17(12-14)22-16-9-11-23-13-16/h3-8,10,12,16H,2,9,11,13H2,1H3/t16-/m0/s1. The van der Waals surface area contributed by atoms with Gasteiger partial charge in [-0.25, -0.2) is 4.98 Å². The van der Waals surface area contributed by atoms with Crippen LogP contribution in [0.4, 0.5) is 5.69 Å². The van der Waals surface area contributed by atoms with E-state index in [1.54, 1.807) is 23.2 Å². The number of pyridine rings is 1. The molecule has 1 aliphatic heterocycles. The maximum atomic E-state index is 12.8. The fourth-order valence-corrected chi connectivity index (χ4v) is 3.68. The molecule has 3 rings (SSSR count). The van der Waals surface area contributed by atoms with Crippen molar-refractivity contribution in [1.29, 1.82) is 0 Å². The Morgan fingerprint density at radius 3 is 2.87 bits per heavy atom. The van der Waals surface area contributed by atoms with Gasteiger partial charge >= 0.3 is 0 Å². The van der Waals surface area contributed by atoms with Crippen molar-refractivity contribution < 1.29 is 9.53 Å². The number of thioether (sulfide) groups is 1. The summed E-state index contributed by atoms with van der Waals surface area (Å²) in [4.78, 5) is 18.8. The molecule has 0 saturated carbocycles. The Bertz CT molecular complexity index is 657. The molecule has 1 fully saturated rings. The molecule has 0 unspecified atom stereocenters. The summed E-state index contributed by atoms with van der Waals surface area (Å²) in [6.45, 7) is 2.58. The number of nitrogens with zero attached hydrogens (tertiary/aromatic N) is 2. The first-order chi connectivity index (χ1) is 11.3. The Kier molecular flexibility index (Phi) is 5.18. The van der Waals surface area contributed by atoms with Gasteiger partial charge in [-0.1, -0.05) is 18.2 Å². The van der Waals surface area contributed by atoms with Crippen molar-refractivity contribution in [2.45, 2.75) is 19.4 Å². The summed E-state index contributed by atoms with van der Waals surface area (Å²) in [6.07, 6.45) is 2.88. The van der Waals surface area contributed by atoms with E-state index in [1.165, 1.54) is 0 Å². The molecule has 0 spiro atoms. The monoisotopic (exact) mass is 328 g/mol. The van der Waals surface area contributed by atoms with E-state index in [4.69, 9.17) is 4.74 Å². The molecule has 1 aliphatic rings. The van der Waals surface area contributed by atoms with Gasteiger partial charge in [-0.3, -0.25) is 4.79 Å². The molecular formula is C18H20N2O2S. The normalized spacial score (nSPS) is 17.0. The lowest BCUT2D eigenvalue weighted by Crippen LogP contribution is -2.30. The highest BCUT2D eigenvalue weighted by molar-refractivity contribution is 7.99. The van der Waals surface area contributed by atoms with Crippen molar-refractivity contribution in [2.75, 3.05) is 23.0 Å². The highest BCUT2D eigenvalue weighted by Crippen LogP contribution is 2.23. The third-order valence-electron chi connectivity index (χ3n) is 3.79. The van der Waals surface area contributed by atoms with Crippen LogP contribution < -0.4 is 9.64 Å². The van der Waals surface area contributed by atoms with Crippen LogP contribution in [0.5, 0.6) is 5.88 Å².